The third-order valence-electron chi connectivity index (χ3n) is 2.85. The van der Waals surface area contributed by atoms with Crippen LogP contribution in [0.2, 0.25) is 0 Å². The van der Waals surface area contributed by atoms with Gasteiger partial charge < -0.3 is 19.7 Å². The first kappa shape index (κ1) is 12.8. The summed E-state index contributed by atoms with van der Waals surface area (Å²) >= 11 is 0. The van der Waals surface area contributed by atoms with Crippen molar-refractivity contribution in [1.29, 1.82) is 0 Å². The van der Waals surface area contributed by atoms with E-state index in [0.717, 1.165) is 0 Å². The number of hydrogen-bond donors (Lipinski definition) is 2. The van der Waals surface area contributed by atoms with Crippen molar-refractivity contribution in [2.75, 3.05) is 31.2 Å². The van der Waals surface area contributed by atoms with Crippen molar-refractivity contribution >= 4 is 24.0 Å². The van der Waals surface area contributed by atoms with Gasteiger partial charge in [0.1, 0.15) is 5.69 Å². The van der Waals surface area contributed by atoms with Gasteiger partial charge in [0.25, 0.3) is 5.69 Å². The van der Waals surface area contributed by atoms with Gasteiger partial charge >= 0.3 is 7.12 Å². The average molecular weight is 252 g/mol. The maximum atomic E-state index is 11.0. The van der Waals surface area contributed by atoms with Crippen LogP contribution in [0.3, 0.4) is 0 Å². The highest BCUT2D eigenvalue weighted by Crippen LogP contribution is 2.27. The number of anilines is 1. The van der Waals surface area contributed by atoms with Crippen LogP contribution in [0, 0.1) is 10.1 Å². The molecule has 1 aromatic rings. The maximum Gasteiger partial charge on any atom is 0.488 e. The van der Waals surface area contributed by atoms with Crippen molar-refractivity contribution < 1.29 is 19.7 Å². The minimum absolute atomic E-state index is 0.110. The number of morpholine rings is 1. The highest BCUT2D eigenvalue weighted by molar-refractivity contribution is 6.58. The predicted octanol–water partition coefficient (Wildman–Crippen LogP) is -0.889. The Kier molecular flexibility index (Phi) is 3.80. The van der Waals surface area contributed by atoms with E-state index in [0.29, 0.717) is 32.0 Å². The second-order valence-corrected chi connectivity index (χ2v) is 3.98. The van der Waals surface area contributed by atoms with Crippen LogP contribution in [-0.2, 0) is 4.74 Å². The van der Waals surface area contributed by atoms with E-state index in [-0.39, 0.29) is 11.2 Å². The van der Waals surface area contributed by atoms with Crippen molar-refractivity contribution in [3.8, 4) is 0 Å². The van der Waals surface area contributed by atoms with Crippen molar-refractivity contribution in [1.82, 2.24) is 0 Å². The van der Waals surface area contributed by atoms with Crippen LogP contribution in [0.15, 0.2) is 18.2 Å². The Bertz CT molecular complexity index is 448. The molecule has 0 amide bonds. The molecule has 1 saturated heterocycles. The summed E-state index contributed by atoms with van der Waals surface area (Å²) in [5, 5.41) is 29.1. The van der Waals surface area contributed by atoms with Gasteiger partial charge in [0, 0.05) is 19.2 Å². The van der Waals surface area contributed by atoms with E-state index in [4.69, 9.17) is 14.8 Å². The van der Waals surface area contributed by atoms with Gasteiger partial charge in [0.05, 0.1) is 18.1 Å². The molecule has 1 aliphatic rings. The molecule has 0 radical (unpaired) electrons. The minimum atomic E-state index is -1.71. The molecule has 0 aliphatic carbocycles. The second-order valence-electron chi connectivity index (χ2n) is 3.98. The monoisotopic (exact) mass is 252 g/mol. The van der Waals surface area contributed by atoms with Crippen LogP contribution in [-0.4, -0.2) is 48.4 Å². The van der Waals surface area contributed by atoms with Gasteiger partial charge in [-0.25, -0.2) is 0 Å². The molecular weight excluding hydrogens is 239 g/mol. The molecule has 1 aromatic carbocycles. The van der Waals surface area contributed by atoms with Crippen molar-refractivity contribution in [2.45, 2.75) is 0 Å². The molecule has 1 heterocycles. The Balaban J connectivity index is 2.36. The van der Waals surface area contributed by atoms with Crippen LogP contribution < -0.4 is 10.4 Å². The lowest BCUT2D eigenvalue weighted by Gasteiger charge is -2.28. The maximum absolute atomic E-state index is 11.0. The van der Waals surface area contributed by atoms with Crippen LogP contribution in [0.4, 0.5) is 11.4 Å². The highest BCUT2D eigenvalue weighted by atomic mass is 16.6. The molecule has 96 valence electrons. The summed E-state index contributed by atoms with van der Waals surface area (Å²) in [4.78, 5) is 12.4. The minimum Gasteiger partial charge on any atom is -0.423 e. The van der Waals surface area contributed by atoms with Gasteiger partial charge in [0.2, 0.25) is 0 Å². The molecule has 0 unspecified atom stereocenters. The number of ether oxygens (including phenoxy) is 1. The van der Waals surface area contributed by atoms with E-state index in [1.807, 2.05) is 4.90 Å². The lowest BCUT2D eigenvalue weighted by molar-refractivity contribution is -0.384. The molecule has 18 heavy (non-hydrogen) atoms. The normalized spacial score (nSPS) is 15.6. The number of rotatable bonds is 3. The van der Waals surface area contributed by atoms with Gasteiger partial charge in [-0.05, 0) is 11.5 Å². The molecule has 0 aromatic heterocycles. The fraction of sp³-hybridized carbons (Fsp3) is 0.400. The lowest BCUT2D eigenvalue weighted by Crippen LogP contribution is -2.37. The smallest absolute Gasteiger partial charge is 0.423 e. The molecule has 1 aliphatic heterocycles. The zero-order valence-electron chi connectivity index (χ0n) is 9.65. The Hall–Kier alpha value is -1.64. The third kappa shape index (κ3) is 2.61. The number of nitro groups is 1. The summed E-state index contributed by atoms with van der Waals surface area (Å²) in [5.41, 5.74) is 0.467. The summed E-state index contributed by atoms with van der Waals surface area (Å²) in [5.74, 6) is 0. The van der Waals surface area contributed by atoms with Crippen LogP contribution in [0.5, 0.6) is 0 Å². The van der Waals surface area contributed by atoms with E-state index in [1.54, 1.807) is 0 Å². The number of nitro benzene ring substituents is 1. The first-order valence-corrected chi connectivity index (χ1v) is 5.57. The van der Waals surface area contributed by atoms with Gasteiger partial charge in [-0.1, -0.05) is 6.07 Å². The van der Waals surface area contributed by atoms with E-state index in [2.05, 4.69) is 0 Å². The zero-order valence-corrected chi connectivity index (χ0v) is 9.65. The summed E-state index contributed by atoms with van der Waals surface area (Å²) in [6.45, 7) is 2.23. The van der Waals surface area contributed by atoms with E-state index < -0.39 is 12.0 Å². The molecule has 2 N–H and O–H groups in total. The third-order valence-corrected chi connectivity index (χ3v) is 2.85. The van der Waals surface area contributed by atoms with Crippen LogP contribution in [0.25, 0.3) is 0 Å². The standard InChI is InChI=1S/C10H13BN2O5/c14-11(15)8-1-2-9(10(7-8)13(16)17)12-3-5-18-6-4-12/h1-2,7,14-15H,3-6H2. The molecule has 0 saturated carbocycles. The molecule has 0 bridgehead atoms. The molecule has 8 heteroatoms. The quantitative estimate of drug-likeness (QED) is 0.411. The van der Waals surface area contributed by atoms with Gasteiger partial charge in [0.15, 0.2) is 0 Å². The second kappa shape index (κ2) is 5.34. The predicted molar refractivity (Wildman–Crippen MR) is 66.0 cm³/mol. The summed E-state index contributed by atoms with van der Waals surface area (Å²) in [7, 11) is -1.71. The van der Waals surface area contributed by atoms with Crippen LogP contribution >= 0.6 is 0 Å². The Morgan fingerprint density at radius 2 is 2.00 bits per heavy atom. The van der Waals surface area contributed by atoms with Gasteiger partial charge in [-0.2, -0.15) is 0 Å². The first-order valence-electron chi connectivity index (χ1n) is 5.57. The van der Waals surface area contributed by atoms with Crippen LogP contribution in [0.1, 0.15) is 0 Å². The molecule has 0 spiro atoms. The topological polar surface area (TPSA) is 96.1 Å². The Morgan fingerprint density at radius 1 is 1.33 bits per heavy atom. The Morgan fingerprint density at radius 3 is 2.56 bits per heavy atom. The molecule has 1 fully saturated rings. The molecule has 2 rings (SSSR count). The van der Waals surface area contributed by atoms with E-state index in [1.165, 1.54) is 18.2 Å². The Labute approximate surface area is 104 Å². The lowest BCUT2D eigenvalue weighted by atomic mass is 9.80. The summed E-state index contributed by atoms with van der Waals surface area (Å²) in [6, 6.07) is 4.20. The number of benzene rings is 1. The van der Waals surface area contributed by atoms with Crippen molar-refractivity contribution in [3.05, 3.63) is 28.3 Å². The zero-order chi connectivity index (χ0) is 13.1. The highest BCUT2D eigenvalue weighted by Gasteiger charge is 2.24. The summed E-state index contributed by atoms with van der Waals surface area (Å²) < 4.78 is 5.19. The first-order chi connectivity index (χ1) is 8.59. The van der Waals surface area contributed by atoms with E-state index in [9.17, 15) is 10.1 Å². The molecule has 7 nitrogen and oxygen atoms in total. The average Bonchev–Trinajstić information content (AvgIpc) is 2.39. The van der Waals surface area contributed by atoms with Crippen molar-refractivity contribution in [3.63, 3.8) is 0 Å². The molecule has 0 atom stereocenters. The van der Waals surface area contributed by atoms with Gasteiger partial charge in [-0.3, -0.25) is 10.1 Å². The fourth-order valence-corrected chi connectivity index (χ4v) is 1.92. The van der Waals surface area contributed by atoms with E-state index >= 15 is 0 Å². The SMILES string of the molecule is O=[N+]([O-])c1cc(B(O)O)ccc1N1CCOCC1. The largest absolute Gasteiger partial charge is 0.488 e. The van der Waals surface area contributed by atoms with Crippen molar-refractivity contribution in [2.24, 2.45) is 0 Å². The molecular formula is C10H13BN2O5. The number of nitrogens with zero attached hydrogens (tertiary/aromatic N) is 2. The number of hydrogen-bond acceptors (Lipinski definition) is 6. The summed E-state index contributed by atoms with van der Waals surface area (Å²) in [6.07, 6.45) is 0. The fourth-order valence-electron chi connectivity index (χ4n) is 1.92. The van der Waals surface area contributed by atoms with Gasteiger partial charge in [-0.15, -0.1) is 0 Å².